The van der Waals surface area contributed by atoms with E-state index in [9.17, 15) is 18.0 Å². The third-order valence-corrected chi connectivity index (χ3v) is 7.79. The first-order valence-electron chi connectivity index (χ1n) is 10.8. The zero-order valence-electron chi connectivity index (χ0n) is 18.8. The summed E-state index contributed by atoms with van der Waals surface area (Å²) < 4.78 is 32.8. The van der Waals surface area contributed by atoms with Gasteiger partial charge in [0, 0.05) is 43.2 Å². The molecule has 3 rings (SSSR count). The van der Waals surface area contributed by atoms with Crippen LogP contribution in [0.25, 0.3) is 0 Å². The monoisotopic (exact) mass is 451 g/mol. The molecule has 0 saturated carbocycles. The number of rotatable bonds is 5. The number of ether oxygens (including phenoxy) is 1. The number of nitrogens with one attached hydrogen (secondary N) is 1. The first-order valence-corrected chi connectivity index (χ1v) is 12.3. The van der Waals surface area contributed by atoms with Gasteiger partial charge >= 0.3 is 0 Å². The number of carbonyl (C=O) groups excluding carboxylic acids is 2. The second-order valence-electron chi connectivity index (χ2n) is 9.27. The minimum atomic E-state index is -3.72. The molecule has 1 aromatic rings. The summed E-state index contributed by atoms with van der Waals surface area (Å²) in [6, 6.07) is 4.45. The number of amides is 2. The average molecular weight is 452 g/mol. The van der Waals surface area contributed by atoms with Crippen LogP contribution in [0.3, 0.4) is 0 Å². The van der Waals surface area contributed by atoms with Crippen LogP contribution in [0.1, 0.15) is 56.8 Å². The zero-order valence-corrected chi connectivity index (χ0v) is 19.6. The second kappa shape index (κ2) is 9.16. The Morgan fingerprint density at radius 2 is 1.68 bits per heavy atom. The number of hydrogen-bond acceptors (Lipinski definition) is 5. The highest BCUT2D eigenvalue weighted by atomic mass is 32.2. The molecule has 2 amide bonds. The predicted octanol–water partition coefficient (Wildman–Crippen LogP) is 2.25. The Balaban J connectivity index is 1.70. The van der Waals surface area contributed by atoms with Gasteiger partial charge in [0.05, 0.1) is 7.11 Å². The van der Waals surface area contributed by atoms with Crippen molar-refractivity contribution in [3.05, 3.63) is 23.8 Å². The molecule has 2 aliphatic rings. The van der Waals surface area contributed by atoms with Crippen molar-refractivity contribution in [1.29, 1.82) is 0 Å². The highest BCUT2D eigenvalue weighted by Crippen LogP contribution is 2.30. The van der Waals surface area contributed by atoms with Crippen molar-refractivity contribution < 1.29 is 22.7 Å². The van der Waals surface area contributed by atoms with Gasteiger partial charge in [-0.15, -0.1) is 0 Å². The Morgan fingerprint density at radius 1 is 1.06 bits per heavy atom. The predicted molar refractivity (Wildman–Crippen MR) is 118 cm³/mol. The van der Waals surface area contributed by atoms with E-state index >= 15 is 0 Å². The number of piperidine rings is 1. The second-order valence-corrected chi connectivity index (χ2v) is 11.2. The summed E-state index contributed by atoms with van der Waals surface area (Å²) >= 11 is 0. The first kappa shape index (κ1) is 23.5. The lowest BCUT2D eigenvalue weighted by Gasteiger charge is -2.36. The van der Waals surface area contributed by atoms with Gasteiger partial charge in [-0.05, 0) is 43.9 Å². The van der Waals surface area contributed by atoms with Crippen LogP contribution in [0.4, 0.5) is 0 Å². The van der Waals surface area contributed by atoms with Crippen LogP contribution in [-0.2, 0) is 14.8 Å². The topological polar surface area (TPSA) is 96.0 Å². The highest BCUT2D eigenvalue weighted by molar-refractivity contribution is 7.89. The molecular weight excluding hydrogens is 418 g/mol. The molecule has 0 aliphatic carbocycles. The van der Waals surface area contributed by atoms with Crippen molar-refractivity contribution in [1.82, 2.24) is 14.5 Å². The number of likely N-dealkylation sites (tertiary alicyclic amines) is 1. The number of methoxy groups -OCH3 is 1. The zero-order chi connectivity index (χ0) is 22.8. The fourth-order valence-electron chi connectivity index (χ4n) is 4.06. The van der Waals surface area contributed by atoms with Crippen molar-refractivity contribution in [3.8, 4) is 5.75 Å². The molecule has 1 aromatic carbocycles. The molecule has 2 saturated heterocycles. The summed E-state index contributed by atoms with van der Waals surface area (Å²) in [5.41, 5.74) is -0.136. The lowest BCUT2D eigenvalue weighted by atomic mass is 9.93. The fourth-order valence-corrected chi connectivity index (χ4v) is 5.76. The van der Waals surface area contributed by atoms with Gasteiger partial charge in [0.15, 0.2) is 0 Å². The summed E-state index contributed by atoms with van der Waals surface area (Å²) in [4.78, 5) is 27.2. The Morgan fingerprint density at radius 3 is 2.23 bits per heavy atom. The van der Waals surface area contributed by atoms with E-state index in [0.717, 1.165) is 12.8 Å². The number of sulfonamides is 1. The molecular formula is C22H33N3O5S. The smallest absolute Gasteiger partial charge is 0.251 e. The summed E-state index contributed by atoms with van der Waals surface area (Å²) in [6.07, 6.45) is 3.00. The first-order chi connectivity index (χ1) is 14.5. The van der Waals surface area contributed by atoms with Crippen LogP contribution in [-0.4, -0.2) is 68.8 Å². The summed E-state index contributed by atoms with van der Waals surface area (Å²) in [6.45, 7) is 7.86. The van der Waals surface area contributed by atoms with Gasteiger partial charge in [0.2, 0.25) is 15.9 Å². The molecule has 31 heavy (non-hydrogen) atoms. The van der Waals surface area contributed by atoms with Gasteiger partial charge in [0.1, 0.15) is 10.6 Å². The largest absolute Gasteiger partial charge is 0.495 e. The minimum Gasteiger partial charge on any atom is -0.495 e. The Kier molecular flexibility index (Phi) is 6.95. The maximum atomic E-state index is 13.0. The quantitative estimate of drug-likeness (QED) is 0.741. The molecule has 1 N–H and O–H groups in total. The molecule has 0 aromatic heterocycles. The molecule has 9 heteroatoms. The molecule has 0 atom stereocenters. The number of nitrogens with zero attached hydrogens (tertiary/aromatic N) is 2. The van der Waals surface area contributed by atoms with Crippen LogP contribution < -0.4 is 10.1 Å². The summed E-state index contributed by atoms with van der Waals surface area (Å²) in [5.74, 6) is 0.0303. The fraction of sp³-hybridized carbons (Fsp3) is 0.636. The van der Waals surface area contributed by atoms with E-state index in [4.69, 9.17) is 4.74 Å². The van der Waals surface area contributed by atoms with Crippen molar-refractivity contribution in [2.75, 3.05) is 33.3 Å². The van der Waals surface area contributed by atoms with Gasteiger partial charge in [-0.1, -0.05) is 20.8 Å². The van der Waals surface area contributed by atoms with Crippen LogP contribution in [0.15, 0.2) is 23.1 Å². The molecule has 172 valence electrons. The van der Waals surface area contributed by atoms with Gasteiger partial charge in [-0.3, -0.25) is 9.59 Å². The standard InChI is InChI=1S/C22H33N3O5S/c1-22(2,3)21(27)24-13-9-17(10-14-24)23-20(26)16-7-8-18(30-4)19(15-16)31(28,29)25-11-5-6-12-25/h7-8,15,17H,5-6,9-14H2,1-4H3,(H,23,26). The SMILES string of the molecule is COc1ccc(C(=O)NC2CCN(C(=O)C(C)(C)C)CC2)cc1S(=O)(=O)N1CCCC1. The lowest BCUT2D eigenvalue weighted by molar-refractivity contribution is -0.140. The summed E-state index contributed by atoms with van der Waals surface area (Å²) in [7, 11) is -2.30. The van der Waals surface area contributed by atoms with Gasteiger partial charge in [0.25, 0.3) is 5.91 Å². The van der Waals surface area contributed by atoms with Crippen molar-refractivity contribution in [2.24, 2.45) is 5.41 Å². The Bertz CT molecular complexity index is 925. The third kappa shape index (κ3) is 5.20. The normalized spacial score (nSPS) is 18.8. The highest BCUT2D eigenvalue weighted by Gasteiger charge is 2.32. The molecule has 2 fully saturated rings. The number of hydrogen-bond donors (Lipinski definition) is 1. The maximum absolute atomic E-state index is 13.0. The van der Waals surface area contributed by atoms with E-state index in [1.165, 1.54) is 23.5 Å². The van der Waals surface area contributed by atoms with E-state index in [-0.39, 0.29) is 34.1 Å². The average Bonchev–Trinajstić information content (AvgIpc) is 3.28. The van der Waals surface area contributed by atoms with Crippen molar-refractivity contribution >= 4 is 21.8 Å². The van der Waals surface area contributed by atoms with Gasteiger partial charge in [-0.25, -0.2) is 8.42 Å². The molecule has 2 heterocycles. The Labute approximate surface area is 185 Å². The van der Waals surface area contributed by atoms with Gasteiger partial charge in [-0.2, -0.15) is 4.31 Å². The number of benzene rings is 1. The van der Waals surface area contributed by atoms with Crippen LogP contribution in [0.5, 0.6) is 5.75 Å². The van der Waals surface area contributed by atoms with E-state index in [0.29, 0.717) is 39.0 Å². The summed E-state index contributed by atoms with van der Waals surface area (Å²) in [5, 5.41) is 2.99. The molecule has 0 bridgehead atoms. The van der Waals surface area contributed by atoms with Crippen LogP contribution in [0, 0.1) is 5.41 Å². The van der Waals surface area contributed by atoms with Gasteiger partial charge < -0.3 is 15.0 Å². The van der Waals surface area contributed by atoms with Crippen LogP contribution in [0.2, 0.25) is 0 Å². The van der Waals surface area contributed by atoms with E-state index in [1.54, 1.807) is 6.07 Å². The maximum Gasteiger partial charge on any atom is 0.251 e. The lowest BCUT2D eigenvalue weighted by Crippen LogP contribution is -2.49. The molecule has 0 spiro atoms. The molecule has 2 aliphatic heterocycles. The van der Waals surface area contributed by atoms with Crippen LogP contribution >= 0.6 is 0 Å². The van der Waals surface area contributed by atoms with E-state index in [1.807, 2.05) is 25.7 Å². The molecule has 0 radical (unpaired) electrons. The molecule has 0 unspecified atom stereocenters. The van der Waals surface area contributed by atoms with E-state index < -0.39 is 15.4 Å². The van der Waals surface area contributed by atoms with Crippen molar-refractivity contribution in [3.63, 3.8) is 0 Å². The Hall–Kier alpha value is -2.13. The molecule has 8 nitrogen and oxygen atoms in total. The minimum absolute atomic E-state index is 0.0233. The van der Waals surface area contributed by atoms with Crippen molar-refractivity contribution in [2.45, 2.75) is 57.4 Å². The third-order valence-electron chi connectivity index (χ3n) is 5.87. The number of carbonyl (C=O) groups is 2. The van der Waals surface area contributed by atoms with E-state index in [2.05, 4.69) is 5.32 Å².